The highest BCUT2D eigenvalue weighted by Crippen LogP contribution is 1.95. The molecule has 0 saturated carbocycles. The molecule has 0 fully saturated rings. The molecule has 52 valence electrons. The van der Waals surface area contributed by atoms with E-state index in [1.807, 2.05) is 20.0 Å². The fourth-order valence-corrected chi connectivity index (χ4v) is 0.376. The lowest BCUT2D eigenvalue weighted by atomic mass is 10.4. The third kappa shape index (κ3) is 3.64. The van der Waals surface area contributed by atoms with E-state index in [0.717, 1.165) is 11.5 Å². The zero-order valence-corrected chi connectivity index (χ0v) is 6.19. The monoisotopic (exact) mass is 127 g/mol. The lowest BCUT2D eigenvalue weighted by Crippen LogP contribution is -2.01. The molecule has 0 aliphatic heterocycles. The molecular weight excluding hydrogens is 114 g/mol. The summed E-state index contributed by atoms with van der Waals surface area (Å²) in [4.78, 5) is 0. The molecule has 0 rings (SSSR count). The lowest BCUT2D eigenvalue weighted by Gasteiger charge is -1.99. The van der Waals surface area contributed by atoms with E-state index < -0.39 is 0 Å². The minimum atomic E-state index is 0.856. The minimum Gasteiger partial charge on any atom is -0.501 e. The summed E-state index contributed by atoms with van der Waals surface area (Å²) in [7, 11) is 3.45. The number of methoxy groups -OCH3 is 1. The van der Waals surface area contributed by atoms with Gasteiger partial charge in [-0.2, -0.15) is 0 Å². The quantitative estimate of drug-likeness (QED) is 0.455. The molecular formula is C7H13NO. The molecule has 0 aliphatic carbocycles. The van der Waals surface area contributed by atoms with E-state index in [2.05, 4.69) is 11.9 Å². The molecule has 9 heavy (non-hydrogen) atoms. The number of likely N-dealkylation sites (N-methyl/N-ethyl adjacent to an activating group) is 1. The third-order valence-corrected chi connectivity index (χ3v) is 1.02. The van der Waals surface area contributed by atoms with Gasteiger partial charge in [0, 0.05) is 12.7 Å². The first-order valence-corrected chi connectivity index (χ1v) is 2.79. The average Bonchev–Trinajstić information content (AvgIpc) is 1.87. The first-order chi connectivity index (χ1) is 4.20. The third-order valence-electron chi connectivity index (χ3n) is 1.02. The van der Waals surface area contributed by atoms with Crippen molar-refractivity contribution < 1.29 is 4.74 Å². The van der Waals surface area contributed by atoms with Gasteiger partial charge < -0.3 is 10.1 Å². The van der Waals surface area contributed by atoms with Crippen molar-refractivity contribution in [3.8, 4) is 0 Å². The first kappa shape index (κ1) is 8.08. The minimum absolute atomic E-state index is 0.856. The van der Waals surface area contributed by atoms with Crippen molar-refractivity contribution in [3.05, 3.63) is 24.1 Å². The Kier molecular flexibility index (Phi) is 3.60. The molecule has 0 aromatic rings. The van der Waals surface area contributed by atoms with Crippen molar-refractivity contribution >= 4 is 0 Å². The summed E-state index contributed by atoms with van der Waals surface area (Å²) in [5, 5.41) is 2.88. The Morgan fingerprint density at radius 1 is 1.67 bits per heavy atom. The highest BCUT2D eigenvalue weighted by Gasteiger charge is 1.84. The summed E-state index contributed by atoms with van der Waals surface area (Å²) in [6.45, 7) is 5.57. The number of allylic oxidation sites excluding steroid dienone is 2. The van der Waals surface area contributed by atoms with E-state index in [-0.39, 0.29) is 0 Å². The van der Waals surface area contributed by atoms with Gasteiger partial charge >= 0.3 is 0 Å². The van der Waals surface area contributed by atoms with Crippen LogP contribution in [0.1, 0.15) is 6.92 Å². The molecule has 0 amide bonds. The molecule has 0 bridgehead atoms. The molecule has 0 aromatic carbocycles. The van der Waals surface area contributed by atoms with Gasteiger partial charge in [0.15, 0.2) is 0 Å². The zero-order valence-electron chi connectivity index (χ0n) is 6.19. The summed E-state index contributed by atoms with van der Waals surface area (Å²) >= 11 is 0. The van der Waals surface area contributed by atoms with Gasteiger partial charge in [0.25, 0.3) is 0 Å². The van der Waals surface area contributed by atoms with E-state index in [0.29, 0.717) is 0 Å². The normalized spacial score (nSPS) is 10.8. The van der Waals surface area contributed by atoms with E-state index in [9.17, 15) is 0 Å². The summed E-state index contributed by atoms with van der Waals surface area (Å²) in [5.74, 6) is 0.856. The van der Waals surface area contributed by atoms with Crippen molar-refractivity contribution in [2.75, 3.05) is 14.2 Å². The molecule has 0 saturated heterocycles. The van der Waals surface area contributed by atoms with Crippen molar-refractivity contribution in [3.63, 3.8) is 0 Å². The lowest BCUT2D eigenvalue weighted by molar-refractivity contribution is 0.293. The Balaban J connectivity index is 3.79. The Morgan fingerprint density at radius 2 is 2.22 bits per heavy atom. The number of ether oxygens (including phenoxy) is 1. The van der Waals surface area contributed by atoms with Gasteiger partial charge in [-0.3, -0.25) is 0 Å². The van der Waals surface area contributed by atoms with Crippen LogP contribution in [0.4, 0.5) is 0 Å². The molecule has 2 heteroatoms. The van der Waals surface area contributed by atoms with Crippen LogP contribution in [-0.4, -0.2) is 14.2 Å². The smallest absolute Gasteiger partial charge is 0.0944 e. The van der Waals surface area contributed by atoms with Crippen LogP contribution in [0.3, 0.4) is 0 Å². The van der Waals surface area contributed by atoms with Crippen molar-refractivity contribution in [1.82, 2.24) is 5.32 Å². The largest absolute Gasteiger partial charge is 0.501 e. The second-order valence-corrected chi connectivity index (χ2v) is 1.73. The standard InChI is InChI=1S/C7H13NO/c1-6(8-3)5-7(2)9-4/h5,8H,1H2,2-4H3/b7-5-. The van der Waals surface area contributed by atoms with E-state index in [1.165, 1.54) is 0 Å². The van der Waals surface area contributed by atoms with Crippen LogP contribution >= 0.6 is 0 Å². The van der Waals surface area contributed by atoms with E-state index in [1.54, 1.807) is 7.11 Å². The van der Waals surface area contributed by atoms with Crippen LogP contribution < -0.4 is 5.32 Å². The van der Waals surface area contributed by atoms with Crippen LogP contribution in [0.2, 0.25) is 0 Å². The van der Waals surface area contributed by atoms with Gasteiger partial charge in [-0.15, -0.1) is 0 Å². The highest BCUT2D eigenvalue weighted by atomic mass is 16.5. The predicted octanol–water partition coefficient (Wildman–Crippen LogP) is 1.27. The summed E-state index contributed by atoms with van der Waals surface area (Å²) in [6.07, 6.45) is 1.83. The number of rotatable bonds is 3. The SMILES string of the molecule is C=C(/C=C(/C)OC)NC. The van der Waals surface area contributed by atoms with Crippen molar-refractivity contribution in [2.45, 2.75) is 6.92 Å². The molecule has 0 aliphatic rings. The predicted molar refractivity (Wildman–Crippen MR) is 39.0 cm³/mol. The molecule has 0 heterocycles. The Bertz CT molecular complexity index is 127. The van der Waals surface area contributed by atoms with E-state index >= 15 is 0 Å². The second-order valence-electron chi connectivity index (χ2n) is 1.73. The topological polar surface area (TPSA) is 21.3 Å². The number of hydrogen-bond donors (Lipinski definition) is 1. The fraction of sp³-hybridized carbons (Fsp3) is 0.429. The molecule has 0 aromatic heterocycles. The van der Waals surface area contributed by atoms with Crippen molar-refractivity contribution in [1.29, 1.82) is 0 Å². The van der Waals surface area contributed by atoms with Gasteiger partial charge in [0.05, 0.1) is 12.9 Å². The second kappa shape index (κ2) is 4.01. The van der Waals surface area contributed by atoms with Gasteiger partial charge in [0.2, 0.25) is 0 Å². The van der Waals surface area contributed by atoms with Crippen LogP contribution in [0, 0.1) is 0 Å². The van der Waals surface area contributed by atoms with E-state index in [4.69, 9.17) is 4.74 Å². The van der Waals surface area contributed by atoms with Crippen LogP contribution in [0.25, 0.3) is 0 Å². The number of hydrogen-bond acceptors (Lipinski definition) is 2. The van der Waals surface area contributed by atoms with Crippen LogP contribution in [-0.2, 0) is 4.74 Å². The molecule has 0 unspecified atom stereocenters. The summed E-state index contributed by atoms with van der Waals surface area (Å²) in [6, 6.07) is 0. The Hall–Kier alpha value is -0.920. The first-order valence-electron chi connectivity index (χ1n) is 2.79. The van der Waals surface area contributed by atoms with Crippen molar-refractivity contribution in [2.24, 2.45) is 0 Å². The van der Waals surface area contributed by atoms with Gasteiger partial charge in [-0.05, 0) is 13.0 Å². The maximum atomic E-state index is 4.88. The average molecular weight is 127 g/mol. The fourth-order valence-electron chi connectivity index (χ4n) is 0.376. The number of nitrogens with one attached hydrogen (secondary N) is 1. The summed E-state index contributed by atoms with van der Waals surface area (Å²) in [5.41, 5.74) is 0.856. The molecule has 2 nitrogen and oxygen atoms in total. The molecule has 0 radical (unpaired) electrons. The Morgan fingerprint density at radius 3 is 2.56 bits per heavy atom. The zero-order chi connectivity index (χ0) is 7.28. The molecule has 1 N–H and O–H groups in total. The molecule has 0 atom stereocenters. The van der Waals surface area contributed by atoms with Gasteiger partial charge in [-0.25, -0.2) is 0 Å². The highest BCUT2D eigenvalue weighted by molar-refractivity contribution is 5.13. The van der Waals surface area contributed by atoms with Gasteiger partial charge in [-0.1, -0.05) is 6.58 Å². The maximum absolute atomic E-state index is 4.88. The van der Waals surface area contributed by atoms with Crippen LogP contribution in [0.5, 0.6) is 0 Å². The molecule has 0 spiro atoms. The van der Waals surface area contributed by atoms with Gasteiger partial charge in [0.1, 0.15) is 0 Å². The Labute approximate surface area is 56.2 Å². The maximum Gasteiger partial charge on any atom is 0.0944 e. The summed E-state index contributed by atoms with van der Waals surface area (Å²) < 4.78 is 4.88. The van der Waals surface area contributed by atoms with Crippen LogP contribution in [0.15, 0.2) is 24.1 Å².